The number of hydrogen-bond donors (Lipinski definition) is 1. The number of aliphatic hydroxyl groups excluding tert-OH is 1. The summed E-state index contributed by atoms with van der Waals surface area (Å²) in [7, 11) is 1.00. The van der Waals surface area contributed by atoms with Crippen molar-refractivity contribution in [1.82, 2.24) is 0 Å². The van der Waals surface area contributed by atoms with Gasteiger partial charge >= 0.3 is 0 Å². The Morgan fingerprint density at radius 1 is 0.846 bits per heavy atom. The van der Waals surface area contributed by atoms with Crippen LogP contribution in [-0.2, 0) is 0 Å². The highest BCUT2D eigenvalue weighted by molar-refractivity contribution is 5.19. The molecule has 0 aliphatic heterocycles. The van der Waals surface area contributed by atoms with Gasteiger partial charge in [-0.15, -0.1) is 0 Å². The van der Waals surface area contributed by atoms with Crippen LogP contribution < -0.4 is 0 Å². The first kappa shape index (κ1) is 14.7. The zero-order chi connectivity index (χ0) is 10.7. The molecular formula is C12H22O. The van der Waals surface area contributed by atoms with E-state index < -0.39 is 0 Å². The largest absolute Gasteiger partial charge is 0.400 e. The average Bonchev–Trinajstić information content (AvgIpc) is 2.15. The van der Waals surface area contributed by atoms with Crippen LogP contribution in [0.1, 0.15) is 31.4 Å². The lowest BCUT2D eigenvalue weighted by molar-refractivity contribution is 0.399. The highest BCUT2D eigenvalue weighted by Crippen LogP contribution is 1.99. The summed E-state index contributed by atoms with van der Waals surface area (Å²) in [6.07, 6.45) is 1.25. The highest BCUT2D eigenvalue weighted by Gasteiger charge is 1.79. The maximum absolute atomic E-state index is 7.00. The fourth-order valence-corrected chi connectivity index (χ4v) is 0.637. The Morgan fingerprint density at radius 3 is 1.15 bits per heavy atom. The minimum atomic E-state index is 1.00. The van der Waals surface area contributed by atoms with Crippen molar-refractivity contribution in [2.24, 2.45) is 0 Å². The first-order valence-electron chi connectivity index (χ1n) is 4.68. The summed E-state index contributed by atoms with van der Waals surface area (Å²) in [4.78, 5) is 0. The summed E-state index contributed by atoms with van der Waals surface area (Å²) in [6, 6.07) is 8.48. The molecule has 0 bridgehead atoms. The van der Waals surface area contributed by atoms with E-state index in [-0.39, 0.29) is 0 Å². The Labute approximate surface area is 82.4 Å². The van der Waals surface area contributed by atoms with Crippen LogP contribution in [0.2, 0.25) is 0 Å². The first-order chi connectivity index (χ1) is 6.20. The van der Waals surface area contributed by atoms with Gasteiger partial charge in [-0.05, 0) is 13.8 Å². The van der Waals surface area contributed by atoms with Gasteiger partial charge in [0.15, 0.2) is 0 Å². The molecule has 1 nitrogen and oxygen atoms in total. The Balaban J connectivity index is 0. The van der Waals surface area contributed by atoms with Gasteiger partial charge in [0.25, 0.3) is 0 Å². The zero-order valence-electron chi connectivity index (χ0n) is 9.46. The van der Waals surface area contributed by atoms with Gasteiger partial charge in [0.2, 0.25) is 0 Å². The predicted octanol–water partition coefficient (Wildman–Crippen LogP) is 3.33. The van der Waals surface area contributed by atoms with Gasteiger partial charge in [0.1, 0.15) is 0 Å². The summed E-state index contributed by atoms with van der Waals surface area (Å²) in [5.74, 6) is 0. The molecule has 13 heavy (non-hydrogen) atoms. The smallest absolute Gasteiger partial charge is 0.0319 e. The van der Waals surface area contributed by atoms with Crippen molar-refractivity contribution in [3.8, 4) is 0 Å². The van der Waals surface area contributed by atoms with E-state index in [2.05, 4.69) is 52.0 Å². The van der Waals surface area contributed by atoms with Crippen molar-refractivity contribution in [3.05, 3.63) is 35.4 Å². The van der Waals surface area contributed by atoms with Gasteiger partial charge < -0.3 is 5.11 Å². The van der Waals surface area contributed by atoms with Gasteiger partial charge in [-0.3, -0.25) is 0 Å². The molecule has 1 N–H and O–H groups in total. The molecule has 0 heterocycles. The molecule has 0 aromatic heterocycles. The fraction of sp³-hybridized carbons (Fsp3) is 0.500. The van der Waals surface area contributed by atoms with Crippen LogP contribution in [0, 0.1) is 13.8 Å². The third-order valence-corrected chi connectivity index (χ3v) is 1.22. The maximum atomic E-state index is 7.00. The second-order valence-corrected chi connectivity index (χ2v) is 2.86. The lowest BCUT2D eigenvalue weighted by Crippen LogP contribution is -1.70. The summed E-state index contributed by atoms with van der Waals surface area (Å²) in [5.41, 5.74) is 2.66. The van der Waals surface area contributed by atoms with Crippen molar-refractivity contribution in [3.63, 3.8) is 0 Å². The van der Waals surface area contributed by atoms with Gasteiger partial charge in [-0.1, -0.05) is 55.7 Å². The van der Waals surface area contributed by atoms with Gasteiger partial charge in [0, 0.05) is 7.11 Å². The summed E-state index contributed by atoms with van der Waals surface area (Å²) in [5, 5.41) is 7.00. The molecule has 0 radical (unpaired) electrons. The van der Waals surface area contributed by atoms with Crippen molar-refractivity contribution in [2.75, 3.05) is 7.11 Å². The predicted molar refractivity (Wildman–Crippen MR) is 60.0 cm³/mol. The van der Waals surface area contributed by atoms with Crippen LogP contribution in [-0.4, -0.2) is 12.2 Å². The molecule has 0 amide bonds. The van der Waals surface area contributed by atoms with Crippen molar-refractivity contribution in [2.45, 2.75) is 34.1 Å². The van der Waals surface area contributed by atoms with Crippen LogP contribution >= 0.6 is 0 Å². The Kier molecular flexibility index (Phi) is 12.6. The molecule has 0 saturated heterocycles. The minimum Gasteiger partial charge on any atom is -0.400 e. The molecule has 0 saturated carbocycles. The molecular weight excluding hydrogens is 160 g/mol. The molecule has 76 valence electrons. The lowest BCUT2D eigenvalue weighted by atomic mass is 10.2. The number of rotatable bonds is 0. The number of hydrogen-bond acceptors (Lipinski definition) is 1. The second-order valence-electron chi connectivity index (χ2n) is 2.86. The van der Waals surface area contributed by atoms with Crippen LogP contribution in [0.5, 0.6) is 0 Å². The molecule has 0 aliphatic rings. The maximum Gasteiger partial charge on any atom is 0.0319 e. The molecule has 1 heteroatoms. The molecule has 0 spiro atoms. The van der Waals surface area contributed by atoms with Crippen LogP contribution in [0.4, 0.5) is 0 Å². The standard InChI is InChI=1S/C8H10.C3H8.CH4O/c1-7-3-5-8(2)6-4-7;1-3-2;1-2/h3-6H,1-2H3;3H2,1-2H3;2H,1H3. The van der Waals surface area contributed by atoms with Gasteiger partial charge in [0.05, 0.1) is 0 Å². The van der Waals surface area contributed by atoms with Crippen molar-refractivity contribution in [1.29, 1.82) is 0 Å². The summed E-state index contributed by atoms with van der Waals surface area (Å²) >= 11 is 0. The van der Waals surface area contributed by atoms with Gasteiger partial charge in [-0.2, -0.15) is 0 Å². The molecule has 0 aliphatic carbocycles. The molecule has 1 aromatic carbocycles. The van der Waals surface area contributed by atoms with E-state index in [1.54, 1.807) is 0 Å². The fourth-order valence-electron chi connectivity index (χ4n) is 0.637. The summed E-state index contributed by atoms with van der Waals surface area (Å²) in [6.45, 7) is 8.44. The van der Waals surface area contributed by atoms with Crippen LogP contribution in [0.3, 0.4) is 0 Å². The minimum absolute atomic E-state index is 1.00. The van der Waals surface area contributed by atoms with E-state index in [9.17, 15) is 0 Å². The molecule has 1 rings (SSSR count). The summed E-state index contributed by atoms with van der Waals surface area (Å²) < 4.78 is 0. The Morgan fingerprint density at radius 2 is 1.00 bits per heavy atom. The Bertz CT molecular complexity index is 156. The van der Waals surface area contributed by atoms with Gasteiger partial charge in [-0.25, -0.2) is 0 Å². The van der Waals surface area contributed by atoms with E-state index in [1.807, 2.05) is 0 Å². The van der Waals surface area contributed by atoms with E-state index in [4.69, 9.17) is 5.11 Å². The molecule has 1 aromatic rings. The monoisotopic (exact) mass is 182 g/mol. The Hall–Kier alpha value is -0.820. The number of aliphatic hydroxyl groups is 1. The molecule has 0 atom stereocenters. The highest BCUT2D eigenvalue weighted by atomic mass is 16.2. The van der Waals surface area contributed by atoms with Crippen LogP contribution in [0.25, 0.3) is 0 Å². The number of aryl methyl sites for hydroxylation is 2. The van der Waals surface area contributed by atoms with Crippen molar-refractivity contribution >= 4 is 0 Å². The second kappa shape index (κ2) is 11.2. The van der Waals surface area contributed by atoms with Crippen LogP contribution in [0.15, 0.2) is 24.3 Å². The lowest BCUT2D eigenvalue weighted by Gasteiger charge is -1.90. The van der Waals surface area contributed by atoms with E-state index in [1.165, 1.54) is 17.5 Å². The average molecular weight is 182 g/mol. The third kappa shape index (κ3) is 11.2. The zero-order valence-corrected chi connectivity index (χ0v) is 9.46. The first-order valence-corrected chi connectivity index (χ1v) is 4.68. The normalized spacial score (nSPS) is 7.54. The SMILES string of the molecule is CCC.CO.Cc1ccc(C)cc1. The molecule has 0 fully saturated rings. The van der Waals surface area contributed by atoms with E-state index in [0.717, 1.165) is 7.11 Å². The molecule has 0 unspecified atom stereocenters. The number of benzene rings is 1. The van der Waals surface area contributed by atoms with E-state index in [0.29, 0.717) is 0 Å². The van der Waals surface area contributed by atoms with E-state index >= 15 is 0 Å². The van der Waals surface area contributed by atoms with Crippen molar-refractivity contribution < 1.29 is 5.11 Å². The third-order valence-electron chi connectivity index (χ3n) is 1.22. The topological polar surface area (TPSA) is 20.2 Å². The quantitative estimate of drug-likeness (QED) is 0.652.